The Kier molecular flexibility index (Phi) is 12.4. The van der Waals surface area contributed by atoms with Crippen LogP contribution in [0.5, 0.6) is 0 Å². The summed E-state index contributed by atoms with van der Waals surface area (Å²) >= 11 is 0. The van der Waals surface area contributed by atoms with Crippen molar-refractivity contribution in [1.29, 1.82) is 0 Å². The summed E-state index contributed by atoms with van der Waals surface area (Å²) in [6.07, 6.45) is 0.446. The molecule has 1 saturated heterocycles. The van der Waals surface area contributed by atoms with Gasteiger partial charge < -0.3 is 21.1 Å². The molecule has 1 aliphatic rings. The first-order chi connectivity index (χ1) is 12.8. The third-order valence-corrected chi connectivity index (χ3v) is 4.65. The van der Waals surface area contributed by atoms with E-state index in [0.717, 1.165) is 44.1 Å². The summed E-state index contributed by atoms with van der Waals surface area (Å²) < 4.78 is 5.31. The molecule has 1 aliphatic heterocycles. The van der Waals surface area contributed by atoms with E-state index in [1.54, 1.807) is 0 Å². The Morgan fingerprint density at radius 1 is 1.21 bits per heavy atom. The van der Waals surface area contributed by atoms with Crippen LogP contribution in [0.15, 0.2) is 24.3 Å². The van der Waals surface area contributed by atoms with Crippen LogP contribution in [0.25, 0.3) is 0 Å². The van der Waals surface area contributed by atoms with E-state index in [1.807, 2.05) is 45.0 Å². The summed E-state index contributed by atoms with van der Waals surface area (Å²) in [5, 5.41) is 5.78. The average Bonchev–Trinajstić information content (AvgIpc) is 2.64. The van der Waals surface area contributed by atoms with E-state index in [9.17, 15) is 9.59 Å². The molecule has 0 spiro atoms. The van der Waals surface area contributed by atoms with Crippen molar-refractivity contribution in [2.45, 2.75) is 39.8 Å². The van der Waals surface area contributed by atoms with Crippen molar-refractivity contribution in [2.24, 2.45) is 11.1 Å². The molecule has 0 aliphatic carbocycles. The Hall–Kier alpha value is -1.38. The van der Waals surface area contributed by atoms with Gasteiger partial charge in [-0.2, -0.15) is 0 Å². The summed E-state index contributed by atoms with van der Waals surface area (Å²) in [6, 6.07) is 6.92. The van der Waals surface area contributed by atoms with Crippen molar-refractivity contribution in [1.82, 2.24) is 10.2 Å². The van der Waals surface area contributed by atoms with Crippen LogP contribution in [0.3, 0.4) is 0 Å². The monoisotopic (exact) mass is 448 g/mol. The van der Waals surface area contributed by atoms with Crippen LogP contribution < -0.4 is 16.4 Å². The largest absolute Gasteiger partial charge is 0.379 e. The van der Waals surface area contributed by atoms with Crippen LogP contribution in [0, 0.1) is 5.41 Å². The van der Waals surface area contributed by atoms with Crippen LogP contribution in [-0.2, 0) is 20.9 Å². The molecule has 1 fully saturated rings. The highest BCUT2D eigenvalue weighted by molar-refractivity contribution is 5.91. The van der Waals surface area contributed by atoms with E-state index in [2.05, 4.69) is 15.5 Å². The average molecular weight is 449 g/mol. The van der Waals surface area contributed by atoms with Gasteiger partial charge in [-0.15, -0.1) is 24.8 Å². The molecule has 1 aromatic carbocycles. The normalized spacial score (nSPS) is 15.4. The molecule has 2 rings (SSSR count). The Morgan fingerprint density at radius 3 is 2.48 bits per heavy atom. The zero-order valence-corrected chi connectivity index (χ0v) is 19.0. The number of carbonyl (C=O) groups is 2. The highest BCUT2D eigenvalue weighted by atomic mass is 35.5. The smallest absolute Gasteiger partial charge is 0.237 e. The summed E-state index contributed by atoms with van der Waals surface area (Å²) in [5.74, 6) is -0.195. The quantitative estimate of drug-likeness (QED) is 0.593. The van der Waals surface area contributed by atoms with Crippen molar-refractivity contribution in [3.63, 3.8) is 0 Å². The molecule has 166 valence electrons. The molecule has 1 atom stereocenters. The Bertz CT molecular complexity index is 647. The number of hydrogen-bond donors (Lipinski definition) is 3. The third-order valence-electron chi connectivity index (χ3n) is 4.65. The maximum atomic E-state index is 12.2. The lowest BCUT2D eigenvalue weighted by atomic mass is 9.87. The number of benzene rings is 1. The number of amides is 2. The maximum Gasteiger partial charge on any atom is 0.237 e. The molecule has 0 saturated carbocycles. The number of halogens is 2. The first-order valence-electron chi connectivity index (χ1n) is 9.48. The lowest BCUT2D eigenvalue weighted by Crippen LogP contribution is -2.48. The fourth-order valence-corrected chi connectivity index (χ4v) is 2.76. The van der Waals surface area contributed by atoms with Gasteiger partial charge in [-0.05, 0) is 23.1 Å². The van der Waals surface area contributed by atoms with Gasteiger partial charge in [-0.3, -0.25) is 14.5 Å². The van der Waals surface area contributed by atoms with Crippen LogP contribution >= 0.6 is 24.8 Å². The molecule has 0 aromatic heterocycles. The minimum absolute atomic E-state index is 0. The molecule has 0 unspecified atom stereocenters. The number of hydrogen-bond acceptors (Lipinski definition) is 5. The second-order valence-electron chi connectivity index (χ2n) is 8.01. The molecule has 1 aromatic rings. The summed E-state index contributed by atoms with van der Waals surface area (Å²) in [6.45, 7) is 10.1. The summed E-state index contributed by atoms with van der Waals surface area (Å²) in [5.41, 5.74) is 7.32. The van der Waals surface area contributed by atoms with Crippen LogP contribution in [0.2, 0.25) is 0 Å². The van der Waals surface area contributed by atoms with Gasteiger partial charge in [0, 0.05) is 38.3 Å². The number of nitrogens with one attached hydrogen (secondary N) is 2. The summed E-state index contributed by atoms with van der Waals surface area (Å²) in [7, 11) is 0. The first kappa shape index (κ1) is 27.6. The molecule has 2 amide bonds. The van der Waals surface area contributed by atoms with Gasteiger partial charge >= 0.3 is 0 Å². The highest BCUT2D eigenvalue weighted by Crippen LogP contribution is 2.17. The van der Waals surface area contributed by atoms with Gasteiger partial charge in [0.05, 0.1) is 19.3 Å². The number of anilines is 1. The second kappa shape index (κ2) is 13.0. The van der Waals surface area contributed by atoms with E-state index in [-0.39, 0.29) is 42.0 Å². The molecule has 9 heteroatoms. The topological polar surface area (TPSA) is 96.7 Å². The van der Waals surface area contributed by atoms with E-state index < -0.39 is 6.04 Å². The Morgan fingerprint density at radius 2 is 1.86 bits per heavy atom. The standard InChI is InChI=1S/C20H32N4O3.2ClH/c1-20(2,3)18(21)19(26)22-14-15-5-4-6-16(13-15)23-17(25)7-8-24-9-11-27-12-10-24;;/h4-6,13,18H,7-12,14,21H2,1-3H3,(H,22,26)(H,23,25);2*1H/t18-;;/m1../s1. The minimum Gasteiger partial charge on any atom is -0.379 e. The predicted octanol–water partition coefficient (Wildman–Crippen LogP) is 2.18. The Labute approximate surface area is 185 Å². The van der Waals surface area contributed by atoms with Crippen molar-refractivity contribution >= 4 is 42.3 Å². The maximum absolute atomic E-state index is 12.2. The van der Waals surface area contributed by atoms with E-state index in [4.69, 9.17) is 10.5 Å². The zero-order valence-electron chi connectivity index (χ0n) is 17.4. The SMILES string of the molecule is CC(C)(C)[C@H](N)C(=O)NCc1cccc(NC(=O)CCN2CCOCC2)c1.Cl.Cl. The number of morpholine rings is 1. The first-order valence-corrected chi connectivity index (χ1v) is 9.48. The third kappa shape index (κ3) is 9.78. The second-order valence-corrected chi connectivity index (χ2v) is 8.01. The summed E-state index contributed by atoms with van der Waals surface area (Å²) in [4.78, 5) is 26.5. The fourth-order valence-electron chi connectivity index (χ4n) is 2.76. The molecule has 0 bridgehead atoms. The molecule has 0 radical (unpaired) electrons. The molecular formula is C20H34Cl2N4O3. The fraction of sp³-hybridized carbons (Fsp3) is 0.600. The predicted molar refractivity (Wildman–Crippen MR) is 121 cm³/mol. The van der Waals surface area contributed by atoms with Crippen LogP contribution in [0.1, 0.15) is 32.8 Å². The van der Waals surface area contributed by atoms with Crippen LogP contribution in [-0.4, -0.2) is 55.6 Å². The number of carbonyl (C=O) groups excluding carboxylic acids is 2. The number of nitrogens with zero attached hydrogens (tertiary/aromatic N) is 1. The zero-order chi connectivity index (χ0) is 19.9. The molecule has 29 heavy (non-hydrogen) atoms. The van der Waals surface area contributed by atoms with Crippen LogP contribution in [0.4, 0.5) is 5.69 Å². The highest BCUT2D eigenvalue weighted by Gasteiger charge is 2.27. The molecular weight excluding hydrogens is 415 g/mol. The van der Waals surface area contributed by atoms with Gasteiger partial charge in [-0.25, -0.2) is 0 Å². The number of nitrogens with two attached hydrogens (primary N) is 1. The van der Waals surface area contributed by atoms with Gasteiger partial charge in [0.2, 0.25) is 11.8 Å². The number of ether oxygens (including phenoxy) is 1. The lowest BCUT2D eigenvalue weighted by molar-refractivity contribution is -0.124. The Balaban J connectivity index is 0.00000392. The molecule has 1 heterocycles. The van der Waals surface area contributed by atoms with Gasteiger partial charge in [0.15, 0.2) is 0 Å². The van der Waals surface area contributed by atoms with E-state index in [0.29, 0.717) is 13.0 Å². The van der Waals surface area contributed by atoms with E-state index in [1.165, 1.54) is 0 Å². The lowest BCUT2D eigenvalue weighted by Gasteiger charge is -2.26. The number of rotatable bonds is 7. The van der Waals surface area contributed by atoms with Crippen molar-refractivity contribution < 1.29 is 14.3 Å². The minimum atomic E-state index is -0.569. The van der Waals surface area contributed by atoms with Gasteiger partial charge in [0.25, 0.3) is 0 Å². The molecule has 4 N–H and O–H groups in total. The van der Waals surface area contributed by atoms with Crippen molar-refractivity contribution in [2.75, 3.05) is 38.2 Å². The van der Waals surface area contributed by atoms with Crippen molar-refractivity contribution in [3.05, 3.63) is 29.8 Å². The van der Waals surface area contributed by atoms with Gasteiger partial charge in [0.1, 0.15) is 0 Å². The van der Waals surface area contributed by atoms with E-state index >= 15 is 0 Å². The molecule has 7 nitrogen and oxygen atoms in total. The van der Waals surface area contributed by atoms with Crippen molar-refractivity contribution in [3.8, 4) is 0 Å². The van der Waals surface area contributed by atoms with Gasteiger partial charge in [-0.1, -0.05) is 32.9 Å².